The van der Waals surface area contributed by atoms with Gasteiger partial charge in [0.2, 0.25) is 0 Å². The maximum Gasteiger partial charge on any atom is 0.394 e. The summed E-state index contributed by atoms with van der Waals surface area (Å²) in [4.78, 5) is 6.65. The fourth-order valence-electron chi connectivity index (χ4n) is 2.96. The van der Waals surface area contributed by atoms with Gasteiger partial charge in [0.1, 0.15) is 3.70 Å². The molecule has 4 nitrogen and oxygen atoms in total. The number of nitrogens with one attached hydrogen (secondary N) is 1. The molecule has 0 amide bonds. The average Bonchev–Trinajstić information content (AvgIpc) is 2.77. The van der Waals surface area contributed by atoms with E-state index in [1.807, 2.05) is 28.7 Å². The summed E-state index contributed by atoms with van der Waals surface area (Å²) in [5.41, 5.74) is 1.48. The number of nitrogens with zero attached hydrogens (tertiary/aromatic N) is 3. The van der Waals surface area contributed by atoms with Crippen molar-refractivity contribution < 1.29 is 13.2 Å². The molecule has 3 heterocycles. The number of rotatable bonds is 3. The summed E-state index contributed by atoms with van der Waals surface area (Å²) < 4.78 is 41.2. The molecule has 1 aliphatic heterocycles. The maximum atomic E-state index is 12.9. The number of imidazole rings is 1. The van der Waals surface area contributed by atoms with Gasteiger partial charge in [0.15, 0.2) is 5.65 Å². The highest BCUT2D eigenvalue weighted by molar-refractivity contribution is 14.1. The predicted octanol–water partition coefficient (Wildman–Crippen LogP) is 4.31. The minimum absolute atomic E-state index is 0.172. The van der Waals surface area contributed by atoms with Crippen molar-refractivity contribution in [2.45, 2.75) is 31.5 Å². The van der Waals surface area contributed by atoms with Crippen LogP contribution in [-0.2, 0) is 6.42 Å². The van der Waals surface area contributed by atoms with E-state index in [1.165, 1.54) is 4.40 Å². The molecule has 1 N–H and O–H groups in total. The Kier molecular flexibility index (Phi) is 5.31. The maximum absolute atomic E-state index is 12.9. The van der Waals surface area contributed by atoms with Crippen LogP contribution in [0, 0.1) is 3.70 Å². The predicted molar refractivity (Wildman–Crippen MR) is 99.5 cm³/mol. The molecule has 1 fully saturated rings. The molecule has 24 heavy (non-hydrogen) atoms. The van der Waals surface area contributed by atoms with Crippen molar-refractivity contribution in [1.82, 2.24) is 14.3 Å². The fourth-order valence-corrected chi connectivity index (χ4v) is 4.07. The highest BCUT2D eigenvalue weighted by Gasteiger charge is 2.31. The number of aromatic nitrogens is 2. The van der Waals surface area contributed by atoms with Gasteiger partial charge in [0.05, 0.1) is 17.8 Å². The lowest BCUT2D eigenvalue weighted by atomic mass is 10.1. The van der Waals surface area contributed by atoms with E-state index in [-0.39, 0.29) is 5.69 Å². The molecule has 3 rings (SSSR count). The lowest BCUT2D eigenvalue weighted by Crippen LogP contribution is -2.36. The summed E-state index contributed by atoms with van der Waals surface area (Å²) in [6, 6.07) is 2.19. The summed E-state index contributed by atoms with van der Waals surface area (Å²) in [7, 11) is 2.09. The number of piperidine rings is 1. The molecule has 2 aromatic rings. The van der Waals surface area contributed by atoms with Crippen molar-refractivity contribution in [3.05, 3.63) is 26.1 Å². The standard InChI is InChI=1S/C15H17BrF3IN4/c1-23-4-2-10(3-5-23)21-11-6-9(16)8-24-12(7-15(17,18)19)13(20)22-14(11)24/h6,8,10,21H,2-5,7H2,1H3. The van der Waals surface area contributed by atoms with E-state index in [2.05, 4.69) is 38.2 Å². The van der Waals surface area contributed by atoms with Gasteiger partial charge >= 0.3 is 6.18 Å². The van der Waals surface area contributed by atoms with Gasteiger partial charge in [-0.2, -0.15) is 13.2 Å². The minimum Gasteiger partial charge on any atom is -0.379 e. The van der Waals surface area contributed by atoms with Crippen LogP contribution in [0.4, 0.5) is 18.9 Å². The van der Waals surface area contributed by atoms with Crippen molar-refractivity contribution in [2.24, 2.45) is 0 Å². The Bertz CT molecular complexity index is 738. The highest BCUT2D eigenvalue weighted by Crippen LogP contribution is 2.30. The van der Waals surface area contributed by atoms with Crippen LogP contribution >= 0.6 is 38.5 Å². The Labute approximate surface area is 160 Å². The van der Waals surface area contributed by atoms with Gasteiger partial charge in [-0.1, -0.05) is 0 Å². The van der Waals surface area contributed by atoms with Gasteiger partial charge in [-0.3, -0.25) is 4.40 Å². The molecular formula is C15H17BrF3IN4. The molecule has 0 aliphatic carbocycles. The van der Waals surface area contributed by atoms with E-state index in [4.69, 9.17) is 0 Å². The van der Waals surface area contributed by atoms with Crippen LogP contribution < -0.4 is 5.32 Å². The van der Waals surface area contributed by atoms with Gasteiger partial charge in [0.25, 0.3) is 0 Å². The summed E-state index contributed by atoms with van der Waals surface area (Å²) in [6.07, 6.45) is -1.60. The summed E-state index contributed by atoms with van der Waals surface area (Å²) in [5.74, 6) is 0. The number of fused-ring (bicyclic) bond motifs is 1. The third kappa shape index (κ3) is 4.16. The Morgan fingerprint density at radius 1 is 1.38 bits per heavy atom. The van der Waals surface area contributed by atoms with Crippen molar-refractivity contribution in [2.75, 3.05) is 25.5 Å². The largest absolute Gasteiger partial charge is 0.394 e. The quantitative estimate of drug-likeness (QED) is 0.617. The molecule has 9 heteroatoms. The van der Waals surface area contributed by atoms with Crippen molar-refractivity contribution in [3.8, 4) is 0 Å². The number of likely N-dealkylation sites (tertiary alicyclic amines) is 1. The molecule has 0 bridgehead atoms. The SMILES string of the molecule is CN1CCC(Nc2cc(Br)cn3c(CC(F)(F)F)c(I)nc23)CC1. The molecule has 2 aromatic heterocycles. The Morgan fingerprint density at radius 3 is 2.67 bits per heavy atom. The first-order chi connectivity index (χ1) is 11.2. The molecule has 0 radical (unpaired) electrons. The van der Waals surface area contributed by atoms with E-state index in [0.717, 1.165) is 36.1 Å². The second-order valence-corrected chi connectivity index (χ2v) is 8.07. The number of hydrogen-bond donors (Lipinski definition) is 1. The first-order valence-electron chi connectivity index (χ1n) is 7.61. The molecule has 0 spiro atoms. The smallest absolute Gasteiger partial charge is 0.379 e. The zero-order chi connectivity index (χ0) is 17.5. The number of hydrogen-bond acceptors (Lipinski definition) is 3. The van der Waals surface area contributed by atoms with Crippen LogP contribution in [0.25, 0.3) is 5.65 Å². The number of halogens is 5. The highest BCUT2D eigenvalue weighted by atomic mass is 127. The van der Waals surface area contributed by atoms with E-state index >= 15 is 0 Å². The van der Waals surface area contributed by atoms with Crippen LogP contribution in [0.2, 0.25) is 0 Å². The molecule has 0 saturated carbocycles. The van der Waals surface area contributed by atoms with E-state index in [9.17, 15) is 13.2 Å². The van der Waals surface area contributed by atoms with Gasteiger partial charge in [-0.15, -0.1) is 0 Å². The number of alkyl halides is 3. The van der Waals surface area contributed by atoms with Crippen molar-refractivity contribution in [1.29, 1.82) is 0 Å². The first-order valence-corrected chi connectivity index (χ1v) is 9.48. The van der Waals surface area contributed by atoms with Crippen LogP contribution in [0.5, 0.6) is 0 Å². The average molecular weight is 517 g/mol. The van der Waals surface area contributed by atoms with E-state index in [0.29, 0.717) is 15.4 Å². The molecule has 1 aliphatic rings. The number of anilines is 1. The Hall–Kier alpha value is -0.550. The monoisotopic (exact) mass is 516 g/mol. The third-order valence-electron chi connectivity index (χ3n) is 4.18. The van der Waals surface area contributed by atoms with Crippen LogP contribution in [-0.4, -0.2) is 46.6 Å². The van der Waals surface area contributed by atoms with Crippen LogP contribution in [0.1, 0.15) is 18.5 Å². The molecule has 1 saturated heterocycles. The van der Waals surface area contributed by atoms with Crippen molar-refractivity contribution >= 4 is 49.9 Å². The third-order valence-corrected chi connectivity index (χ3v) is 5.48. The van der Waals surface area contributed by atoms with E-state index < -0.39 is 12.6 Å². The minimum atomic E-state index is -4.26. The lowest BCUT2D eigenvalue weighted by Gasteiger charge is -2.30. The van der Waals surface area contributed by atoms with Gasteiger partial charge in [-0.25, -0.2) is 4.98 Å². The van der Waals surface area contributed by atoms with Gasteiger partial charge in [-0.05, 0) is 77.6 Å². The van der Waals surface area contributed by atoms with Gasteiger partial charge in [0, 0.05) is 16.7 Å². The summed E-state index contributed by atoms with van der Waals surface area (Å²) >= 11 is 5.27. The van der Waals surface area contributed by atoms with Crippen molar-refractivity contribution in [3.63, 3.8) is 0 Å². The van der Waals surface area contributed by atoms with Crippen LogP contribution in [0.15, 0.2) is 16.7 Å². The summed E-state index contributed by atoms with van der Waals surface area (Å²) in [5, 5.41) is 3.46. The van der Waals surface area contributed by atoms with E-state index in [1.54, 1.807) is 6.20 Å². The Balaban J connectivity index is 1.95. The second kappa shape index (κ2) is 6.99. The molecule has 0 atom stereocenters. The number of pyridine rings is 1. The fraction of sp³-hybridized carbons (Fsp3) is 0.533. The second-order valence-electron chi connectivity index (χ2n) is 6.13. The lowest BCUT2D eigenvalue weighted by molar-refractivity contribution is -0.128. The molecule has 0 unspecified atom stereocenters. The topological polar surface area (TPSA) is 32.6 Å². The zero-order valence-electron chi connectivity index (χ0n) is 13.0. The van der Waals surface area contributed by atoms with Crippen LogP contribution in [0.3, 0.4) is 0 Å². The molecule has 132 valence electrons. The molecular weight excluding hydrogens is 500 g/mol. The summed E-state index contributed by atoms with van der Waals surface area (Å²) in [6.45, 7) is 2.01. The normalized spacial score (nSPS) is 17.6. The van der Waals surface area contributed by atoms with Gasteiger partial charge < -0.3 is 10.2 Å². The molecule has 0 aromatic carbocycles. The Morgan fingerprint density at radius 2 is 2.04 bits per heavy atom. The zero-order valence-corrected chi connectivity index (χ0v) is 16.7. The first kappa shape index (κ1) is 18.2.